The Morgan fingerprint density at radius 3 is 2.64 bits per heavy atom. The number of furan rings is 1. The molecule has 4 aromatic rings. The third-order valence-corrected chi connectivity index (χ3v) is 6.24. The predicted octanol–water partition coefficient (Wildman–Crippen LogP) is 3.00. The number of benzene rings is 1. The van der Waals surface area contributed by atoms with Crippen molar-refractivity contribution < 1.29 is 18.7 Å². The third-order valence-electron chi connectivity index (χ3n) is 6.24. The van der Waals surface area contributed by atoms with E-state index >= 15 is 0 Å². The summed E-state index contributed by atoms with van der Waals surface area (Å²) >= 11 is 0. The van der Waals surface area contributed by atoms with Crippen molar-refractivity contribution in [2.24, 2.45) is 0 Å². The van der Waals surface area contributed by atoms with Crippen molar-refractivity contribution in [2.75, 3.05) is 53.6 Å². The minimum Gasteiger partial charge on any atom is -0.496 e. The normalized spacial score (nSPS) is 14.2. The van der Waals surface area contributed by atoms with Crippen LogP contribution in [0, 0.1) is 0 Å². The molecule has 1 saturated heterocycles. The van der Waals surface area contributed by atoms with Crippen LogP contribution < -0.4 is 4.74 Å². The fourth-order valence-corrected chi connectivity index (χ4v) is 4.33. The van der Waals surface area contributed by atoms with Crippen LogP contribution in [0.15, 0.2) is 65.5 Å². The Morgan fingerprint density at radius 2 is 1.89 bits per heavy atom. The van der Waals surface area contributed by atoms with Gasteiger partial charge in [0.25, 0.3) is 11.9 Å². The van der Waals surface area contributed by atoms with Crippen molar-refractivity contribution in [3.05, 3.63) is 66.7 Å². The summed E-state index contributed by atoms with van der Waals surface area (Å²) in [5, 5.41) is 4.52. The lowest BCUT2D eigenvalue weighted by Crippen LogP contribution is -2.49. The van der Waals surface area contributed by atoms with Gasteiger partial charge in [-0.2, -0.15) is 9.78 Å². The highest BCUT2D eigenvalue weighted by Crippen LogP contribution is 2.30. The van der Waals surface area contributed by atoms with Gasteiger partial charge in [0.1, 0.15) is 11.4 Å². The number of piperazine rings is 1. The molecule has 0 spiro atoms. The third kappa shape index (κ3) is 4.73. The minimum atomic E-state index is -0.0973. The van der Waals surface area contributed by atoms with Crippen LogP contribution in [0.25, 0.3) is 28.7 Å². The lowest BCUT2D eigenvalue weighted by molar-refractivity contribution is 0.0594. The van der Waals surface area contributed by atoms with E-state index in [0.717, 1.165) is 25.2 Å². The number of rotatable bonds is 8. The lowest BCUT2D eigenvalue weighted by Gasteiger charge is -2.34. The van der Waals surface area contributed by atoms with E-state index < -0.39 is 0 Å². The number of aromatic nitrogens is 4. The first-order valence-electron chi connectivity index (χ1n) is 11.8. The van der Waals surface area contributed by atoms with Crippen LogP contribution in [0.2, 0.25) is 0 Å². The molecule has 10 heteroatoms. The monoisotopic (exact) mass is 488 g/mol. The zero-order valence-electron chi connectivity index (χ0n) is 20.3. The molecule has 0 unspecified atom stereocenters. The number of amides is 1. The van der Waals surface area contributed by atoms with Crippen LogP contribution in [0.3, 0.4) is 0 Å². The first kappa shape index (κ1) is 23.7. The summed E-state index contributed by atoms with van der Waals surface area (Å²) in [5.41, 5.74) is 2.47. The molecule has 1 aliphatic heterocycles. The Bertz CT molecular complexity index is 1310. The van der Waals surface area contributed by atoms with E-state index in [1.807, 2.05) is 35.2 Å². The van der Waals surface area contributed by atoms with Gasteiger partial charge in [-0.3, -0.25) is 9.69 Å². The quantitative estimate of drug-likeness (QED) is 0.373. The Balaban J connectivity index is 1.48. The smallest absolute Gasteiger partial charge is 0.257 e. The van der Waals surface area contributed by atoms with Gasteiger partial charge in [-0.25, -0.2) is 9.97 Å². The molecule has 0 radical (unpaired) electrons. The number of methoxy groups -OCH3 is 2. The Morgan fingerprint density at radius 1 is 1.06 bits per heavy atom. The van der Waals surface area contributed by atoms with Gasteiger partial charge in [-0.1, -0.05) is 12.1 Å². The standard InChI is InChI=1S/C26H28N6O4/c1-34-17-15-30-11-13-31(14-12-30)25(33)20-18-28-32(24(20)23-8-5-16-36-23)26-27-10-9-21(29-26)19-6-3-4-7-22(19)35-2/h3-10,16,18H,11-15,17H2,1-2H3. The van der Waals surface area contributed by atoms with E-state index in [2.05, 4.69) is 15.0 Å². The summed E-state index contributed by atoms with van der Waals surface area (Å²) in [6.07, 6.45) is 4.80. The van der Waals surface area contributed by atoms with Gasteiger partial charge >= 0.3 is 0 Å². The number of carbonyl (C=O) groups excluding carboxylic acids is 1. The molecular weight excluding hydrogens is 460 g/mol. The summed E-state index contributed by atoms with van der Waals surface area (Å²) in [6.45, 7) is 4.38. The average molecular weight is 489 g/mol. The van der Waals surface area contributed by atoms with Gasteiger partial charge in [0.2, 0.25) is 0 Å². The summed E-state index contributed by atoms with van der Waals surface area (Å²) in [7, 11) is 3.32. The molecule has 3 aromatic heterocycles. The summed E-state index contributed by atoms with van der Waals surface area (Å²) < 4.78 is 17.9. The lowest BCUT2D eigenvalue weighted by atomic mass is 10.1. The van der Waals surface area contributed by atoms with Gasteiger partial charge in [0.05, 0.1) is 37.4 Å². The fourth-order valence-electron chi connectivity index (χ4n) is 4.33. The average Bonchev–Trinajstić information content (AvgIpc) is 3.62. The first-order valence-corrected chi connectivity index (χ1v) is 11.8. The van der Waals surface area contributed by atoms with Crippen molar-refractivity contribution in [2.45, 2.75) is 0 Å². The molecule has 0 aliphatic carbocycles. The van der Waals surface area contributed by atoms with Gasteiger partial charge in [0.15, 0.2) is 5.76 Å². The maximum atomic E-state index is 13.6. The number of carbonyl (C=O) groups is 1. The molecule has 1 fully saturated rings. The van der Waals surface area contributed by atoms with E-state index in [1.165, 1.54) is 0 Å². The van der Waals surface area contributed by atoms with Crippen LogP contribution >= 0.6 is 0 Å². The first-order chi connectivity index (χ1) is 17.7. The summed E-state index contributed by atoms with van der Waals surface area (Å²) in [4.78, 5) is 26.9. The highest BCUT2D eigenvalue weighted by Gasteiger charge is 2.29. The molecule has 1 aromatic carbocycles. The van der Waals surface area contributed by atoms with Crippen molar-refractivity contribution in [1.82, 2.24) is 29.5 Å². The van der Waals surface area contributed by atoms with Crippen molar-refractivity contribution in [3.8, 4) is 34.4 Å². The van der Waals surface area contributed by atoms with Gasteiger partial charge < -0.3 is 18.8 Å². The summed E-state index contributed by atoms with van der Waals surface area (Å²) in [5.74, 6) is 1.45. The SMILES string of the molecule is COCCN1CCN(C(=O)c2cnn(-c3nccc(-c4ccccc4OC)n3)c2-c2ccco2)CC1. The van der Waals surface area contributed by atoms with Crippen molar-refractivity contribution >= 4 is 5.91 Å². The number of ether oxygens (including phenoxy) is 2. The molecule has 0 atom stereocenters. The van der Waals surface area contributed by atoms with E-state index in [0.29, 0.717) is 54.1 Å². The Kier molecular flexibility index (Phi) is 7.06. The number of hydrogen-bond donors (Lipinski definition) is 0. The van der Waals surface area contributed by atoms with Crippen LogP contribution in [0.1, 0.15) is 10.4 Å². The number of hydrogen-bond acceptors (Lipinski definition) is 8. The molecule has 5 rings (SSSR count). The van der Waals surface area contributed by atoms with E-state index in [1.54, 1.807) is 49.7 Å². The maximum Gasteiger partial charge on any atom is 0.257 e. The molecule has 36 heavy (non-hydrogen) atoms. The maximum absolute atomic E-state index is 13.6. The van der Waals surface area contributed by atoms with E-state index in [-0.39, 0.29) is 5.91 Å². The topological polar surface area (TPSA) is 98.8 Å². The van der Waals surface area contributed by atoms with E-state index in [4.69, 9.17) is 18.9 Å². The fraction of sp³-hybridized carbons (Fsp3) is 0.308. The zero-order valence-corrected chi connectivity index (χ0v) is 20.3. The molecule has 4 heterocycles. The Hall–Kier alpha value is -4.02. The molecule has 1 aliphatic rings. The van der Waals surface area contributed by atoms with Crippen LogP contribution in [0.4, 0.5) is 0 Å². The van der Waals surface area contributed by atoms with Crippen molar-refractivity contribution in [3.63, 3.8) is 0 Å². The second-order valence-corrected chi connectivity index (χ2v) is 8.36. The summed E-state index contributed by atoms with van der Waals surface area (Å²) in [6, 6.07) is 13.0. The number of nitrogens with zero attached hydrogens (tertiary/aromatic N) is 6. The van der Waals surface area contributed by atoms with Gasteiger partial charge in [-0.05, 0) is 30.3 Å². The molecule has 186 valence electrons. The molecule has 0 saturated carbocycles. The Labute approximate surface area is 209 Å². The molecular formula is C26H28N6O4. The zero-order chi connectivity index (χ0) is 24.9. The second-order valence-electron chi connectivity index (χ2n) is 8.36. The molecule has 1 amide bonds. The highest BCUT2D eigenvalue weighted by atomic mass is 16.5. The largest absolute Gasteiger partial charge is 0.496 e. The van der Waals surface area contributed by atoms with Crippen LogP contribution in [0.5, 0.6) is 5.75 Å². The molecule has 0 N–H and O–H groups in total. The minimum absolute atomic E-state index is 0.0973. The molecule has 0 bridgehead atoms. The highest BCUT2D eigenvalue weighted by molar-refractivity contribution is 5.99. The van der Waals surface area contributed by atoms with Crippen LogP contribution in [-0.4, -0.2) is 89.0 Å². The predicted molar refractivity (Wildman–Crippen MR) is 133 cm³/mol. The van der Waals surface area contributed by atoms with Gasteiger partial charge in [0, 0.05) is 51.6 Å². The van der Waals surface area contributed by atoms with E-state index in [9.17, 15) is 4.79 Å². The van der Waals surface area contributed by atoms with Crippen LogP contribution in [-0.2, 0) is 4.74 Å². The second kappa shape index (κ2) is 10.7. The molecule has 10 nitrogen and oxygen atoms in total. The van der Waals surface area contributed by atoms with Gasteiger partial charge in [-0.15, -0.1) is 0 Å². The van der Waals surface area contributed by atoms with Crippen molar-refractivity contribution in [1.29, 1.82) is 0 Å². The number of para-hydroxylation sites is 1.